The van der Waals surface area contributed by atoms with Crippen LogP contribution >= 0.6 is 0 Å². The van der Waals surface area contributed by atoms with Crippen LogP contribution in [0.5, 0.6) is 11.5 Å². The molecule has 5 nitrogen and oxygen atoms in total. The Hall–Kier alpha value is -2.34. The third-order valence-electron chi connectivity index (χ3n) is 3.08. The smallest absolute Gasteiger partial charge is 0.282 e. The lowest BCUT2D eigenvalue weighted by Gasteiger charge is -2.09. The average Bonchev–Trinajstić information content (AvgIpc) is 2.52. The maximum atomic E-state index is 12.2. The zero-order valence-electron chi connectivity index (χ0n) is 12.6. The van der Waals surface area contributed by atoms with Crippen molar-refractivity contribution in [2.75, 3.05) is 14.2 Å². The van der Waals surface area contributed by atoms with Gasteiger partial charge in [-0.1, -0.05) is 23.8 Å². The van der Waals surface area contributed by atoms with E-state index in [0.717, 1.165) is 5.56 Å². The van der Waals surface area contributed by atoms with Gasteiger partial charge in [0, 0.05) is 5.56 Å². The van der Waals surface area contributed by atoms with Crippen molar-refractivity contribution < 1.29 is 17.9 Å². The number of benzene rings is 2. The van der Waals surface area contributed by atoms with E-state index in [1.807, 2.05) is 6.92 Å². The van der Waals surface area contributed by atoms with Gasteiger partial charge >= 0.3 is 0 Å². The second-order valence-electron chi connectivity index (χ2n) is 4.61. The van der Waals surface area contributed by atoms with Crippen LogP contribution in [0.1, 0.15) is 11.1 Å². The summed E-state index contributed by atoms with van der Waals surface area (Å²) in [5, 5.41) is 0. The maximum Gasteiger partial charge on any atom is 0.282 e. The first-order valence-electron chi connectivity index (χ1n) is 6.56. The Balaban J connectivity index is 2.37. The molecule has 0 saturated carbocycles. The minimum absolute atomic E-state index is 0.149. The van der Waals surface area contributed by atoms with Crippen LogP contribution in [-0.4, -0.2) is 28.9 Å². The fourth-order valence-electron chi connectivity index (χ4n) is 1.91. The van der Waals surface area contributed by atoms with Crippen molar-refractivity contribution in [3.05, 3.63) is 53.6 Å². The van der Waals surface area contributed by atoms with Crippen LogP contribution in [0, 0.1) is 6.92 Å². The van der Waals surface area contributed by atoms with Crippen LogP contribution in [0.15, 0.2) is 51.8 Å². The average molecular weight is 319 g/mol. The lowest BCUT2D eigenvalue weighted by Crippen LogP contribution is -1.99. The van der Waals surface area contributed by atoms with Gasteiger partial charge in [0.1, 0.15) is 0 Å². The Morgan fingerprint density at radius 3 is 2.27 bits per heavy atom. The number of hydrogen-bond donors (Lipinski definition) is 0. The number of aryl methyl sites for hydroxylation is 1. The summed E-state index contributed by atoms with van der Waals surface area (Å²) < 4.78 is 38.5. The van der Waals surface area contributed by atoms with Crippen molar-refractivity contribution in [1.29, 1.82) is 0 Å². The Kier molecular flexibility index (Phi) is 4.82. The molecule has 0 aliphatic rings. The molecule has 0 N–H and O–H groups in total. The molecule has 0 bridgehead atoms. The largest absolute Gasteiger partial charge is 0.493 e. The van der Waals surface area contributed by atoms with E-state index < -0.39 is 10.0 Å². The molecule has 116 valence electrons. The van der Waals surface area contributed by atoms with Gasteiger partial charge in [-0.15, -0.1) is 0 Å². The van der Waals surface area contributed by atoms with Gasteiger partial charge in [-0.05, 0) is 31.2 Å². The maximum absolute atomic E-state index is 12.2. The number of nitrogens with zero attached hydrogens (tertiary/aromatic N) is 1. The van der Waals surface area contributed by atoms with Crippen molar-refractivity contribution >= 4 is 16.2 Å². The predicted molar refractivity (Wildman–Crippen MR) is 85.5 cm³/mol. The molecule has 0 unspecified atom stereocenters. The van der Waals surface area contributed by atoms with Crippen LogP contribution in [0.2, 0.25) is 0 Å². The van der Waals surface area contributed by atoms with E-state index in [2.05, 4.69) is 4.40 Å². The van der Waals surface area contributed by atoms with Crippen LogP contribution in [0.25, 0.3) is 0 Å². The van der Waals surface area contributed by atoms with Gasteiger partial charge in [0.15, 0.2) is 11.5 Å². The molecule has 0 aromatic heterocycles. The Morgan fingerprint density at radius 2 is 1.68 bits per heavy atom. The van der Waals surface area contributed by atoms with Crippen LogP contribution in [0.3, 0.4) is 0 Å². The minimum Gasteiger partial charge on any atom is -0.493 e. The molecule has 2 aromatic carbocycles. The molecular formula is C16H17NO4S. The molecule has 2 aromatic rings. The standard InChI is InChI=1S/C16H17NO4S/c1-12-7-9-14(10-8-12)22(18,19)17-11-13-5-4-6-15(20-2)16(13)21-3/h4-11H,1-3H3/b17-11-. The SMILES string of the molecule is COc1cccc(/C=N\S(=O)(=O)c2ccc(C)cc2)c1OC. The zero-order chi connectivity index (χ0) is 16.2. The molecule has 0 aliphatic heterocycles. The van der Waals surface area contributed by atoms with Crippen molar-refractivity contribution in [2.45, 2.75) is 11.8 Å². The lowest BCUT2D eigenvalue weighted by atomic mass is 10.2. The number of ether oxygens (including phenoxy) is 2. The molecule has 6 heteroatoms. The summed E-state index contributed by atoms with van der Waals surface area (Å²) in [5.41, 5.74) is 1.51. The summed E-state index contributed by atoms with van der Waals surface area (Å²) >= 11 is 0. The normalized spacial score (nSPS) is 11.6. The molecule has 0 fully saturated rings. The molecule has 0 spiro atoms. The molecular weight excluding hydrogens is 302 g/mol. The Labute approximate surface area is 130 Å². The monoisotopic (exact) mass is 319 g/mol. The highest BCUT2D eigenvalue weighted by Gasteiger charge is 2.13. The summed E-state index contributed by atoms with van der Waals surface area (Å²) in [6.45, 7) is 1.89. The van der Waals surface area contributed by atoms with Gasteiger partial charge in [-0.25, -0.2) is 0 Å². The first kappa shape index (κ1) is 16.0. The number of hydrogen-bond acceptors (Lipinski definition) is 4. The van der Waals surface area contributed by atoms with Gasteiger partial charge in [0.05, 0.1) is 25.3 Å². The van der Waals surface area contributed by atoms with Gasteiger partial charge < -0.3 is 9.47 Å². The van der Waals surface area contributed by atoms with Crippen molar-refractivity contribution in [1.82, 2.24) is 0 Å². The van der Waals surface area contributed by atoms with E-state index in [-0.39, 0.29) is 4.90 Å². The summed E-state index contributed by atoms with van der Waals surface area (Å²) in [7, 11) is -0.741. The second-order valence-corrected chi connectivity index (χ2v) is 6.24. The van der Waals surface area contributed by atoms with Crippen LogP contribution < -0.4 is 9.47 Å². The van der Waals surface area contributed by atoms with E-state index >= 15 is 0 Å². The molecule has 2 rings (SSSR count). The molecule has 0 amide bonds. The van der Waals surface area contributed by atoms with Crippen molar-refractivity contribution in [3.63, 3.8) is 0 Å². The fourth-order valence-corrected chi connectivity index (χ4v) is 2.76. The number of sulfonamides is 1. The summed E-state index contributed by atoms with van der Waals surface area (Å²) in [5.74, 6) is 0.951. The predicted octanol–water partition coefficient (Wildman–Crippen LogP) is 2.82. The number of para-hydroxylation sites is 1. The quantitative estimate of drug-likeness (QED) is 0.795. The van der Waals surface area contributed by atoms with E-state index in [0.29, 0.717) is 17.1 Å². The minimum atomic E-state index is -3.75. The van der Waals surface area contributed by atoms with Crippen molar-refractivity contribution in [3.8, 4) is 11.5 Å². The highest BCUT2D eigenvalue weighted by Crippen LogP contribution is 2.29. The van der Waals surface area contributed by atoms with Gasteiger partial charge in [0.2, 0.25) is 0 Å². The lowest BCUT2D eigenvalue weighted by molar-refractivity contribution is 0.354. The second kappa shape index (κ2) is 6.62. The van der Waals surface area contributed by atoms with Gasteiger partial charge in [-0.2, -0.15) is 12.8 Å². The summed E-state index contributed by atoms with van der Waals surface area (Å²) in [6, 6.07) is 11.7. The molecule has 0 atom stereocenters. The number of methoxy groups -OCH3 is 2. The topological polar surface area (TPSA) is 65.0 Å². The Morgan fingerprint density at radius 1 is 1.00 bits per heavy atom. The highest BCUT2D eigenvalue weighted by atomic mass is 32.2. The van der Waals surface area contributed by atoms with E-state index in [4.69, 9.17) is 9.47 Å². The van der Waals surface area contributed by atoms with Crippen LogP contribution in [0.4, 0.5) is 0 Å². The first-order chi connectivity index (χ1) is 10.5. The summed E-state index contributed by atoms with van der Waals surface area (Å²) in [4.78, 5) is 0.149. The Bertz CT molecular complexity index is 780. The van der Waals surface area contributed by atoms with Gasteiger partial charge in [0.25, 0.3) is 10.0 Å². The molecule has 0 saturated heterocycles. The van der Waals surface area contributed by atoms with E-state index in [1.165, 1.54) is 32.6 Å². The first-order valence-corrected chi connectivity index (χ1v) is 8.00. The van der Waals surface area contributed by atoms with E-state index in [9.17, 15) is 8.42 Å². The van der Waals surface area contributed by atoms with Gasteiger partial charge in [-0.3, -0.25) is 0 Å². The van der Waals surface area contributed by atoms with Crippen molar-refractivity contribution in [2.24, 2.45) is 4.40 Å². The van der Waals surface area contributed by atoms with Crippen LogP contribution in [-0.2, 0) is 10.0 Å². The fraction of sp³-hybridized carbons (Fsp3) is 0.188. The molecule has 0 heterocycles. The third-order valence-corrected chi connectivity index (χ3v) is 4.33. The molecule has 22 heavy (non-hydrogen) atoms. The van der Waals surface area contributed by atoms with E-state index in [1.54, 1.807) is 30.3 Å². The molecule has 0 aliphatic carbocycles. The third kappa shape index (κ3) is 3.46. The highest BCUT2D eigenvalue weighted by molar-refractivity contribution is 7.90. The summed E-state index contributed by atoms with van der Waals surface area (Å²) in [6.07, 6.45) is 1.26. The number of rotatable bonds is 5. The molecule has 0 radical (unpaired) electrons. The zero-order valence-corrected chi connectivity index (χ0v) is 13.4.